The average molecular weight is 443 g/mol. The molecule has 4 aromatic rings. The van der Waals surface area contributed by atoms with Crippen LogP contribution < -0.4 is 5.69 Å². The van der Waals surface area contributed by atoms with Gasteiger partial charge in [-0.25, -0.2) is 4.79 Å². The van der Waals surface area contributed by atoms with E-state index in [1.54, 1.807) is 0 Å². The number of imidazole rings is 1. The SMILES string of the molecule is Br.O=c1[nH]c2ccccc2n1CCN1CCC(c2noc3ccccc23)CC1. The predicted molar refractivity (Wildman–Crippen MR) is 115 cm³/mol. The van der Waals surface area contributed by atoms with Gasteiger partial charge in [0, 0.05) is 24.4 Å². The Morgan fingerprint density at radius 1 is 1.04 bits per heavy atom. The number of likely N-dealkylation sites (tertiary alicyclic amines) is 1. The van der Waals surface area contributed by atoms with E-state index in [4.69, 9.17) is 4.52 Å². The Morgan fingerprint density at radius 2 is 1.79 bits per heavy atom. The number of aromatic nitrogens is 3. The molecular weight excluding hydrogens is 420 g/mol. The van der Waals surface area contributed by atoms with Crippen LogP contribution in [0.1, 0.15) is 24.5 Å². The summed E-state index contributed by atoms with van der Waals surface area (Å²) in [7, 11) is 0. The summed E-state index contributed by atoms with van der Waals surface area (Å²) < 4.78 is 7.31. The number of nitrogens with one attached hydrogen (secondary N) is 1. The lowest BCUT2D eigenvalue weighted by molar-refractivity contribution is 0.202. The first-order valence-electron chi connectivity index (χ1n) is 9.54. The van der Waals surface area contributed by atoms with E-state index in [2.05, 4.69) is 21.1 Å². The van der Waals surface area contributed by atoms with E-state index in [-0.39, 0.29) is 22.7 Å². The lowest BCUT2D eigenvalue weighted by Gasteiger charge is -2.31. The van der Waals surface area contributed by atoms with Gasteiger partial charge in [0.15, 0.2) is 5.58 Å². The van der Waals surface area contributed by atoms with Crippen molar-refractivity contribution in [2.45, 2.75) is 25.3 Å². The molecule has 0 atom stereocenters. The highest BCUT2D eigenvalue weighted by molar-refractivity contribution is 8.93. The molecule has 1 aliphatic heterocycles. The van der Waals surface area contributed by atoms with E-state index >= 15 is 0 Å². The molecule has 1 saturated heterocycles. The van der Waals surface area contributed by atoms with E-state index in [1.807, 2.05) is 47.0 Å². The summed E-state index contributed by atoms with van der Waals surface area (Å²) in [5.41, 5.74) is 3.82. The maximum absolute atomic E-state index is 12.2. The second-order valence-electron chi connectivity index (χ2n) is 7.28. The number of hydrogen-bond acceptors (Lipinski definition) is 4. The van der Waals surface area contributed by atoms with Gasteiger partial charge >= 0.3 is 5.69 Å². The van der Waals surface area contributed by atoms with Crippen LogP contribution in [0.4, 0.5) is 0 Å². The van der Waals surface area contributed by atoms with Crippen molar-refractivity contribution in [3.8, 4) is 0 Å². The van der Waals surface area contributed by atoms with Gasteiger partial charge in [-0.05, 0) is 50.2 Å². The summed E-state index contributed by atoms with van der Waals surface area (Å²) in [6.07, 6.45) is 2.14. The van der Waals surface area contributed by atoms with Crippen molar-refractivity contribution >= 4 is 39.0 Å². The summed E-state index contributed by atoms with van der Waals surface area (Å²) in [4.78, 5) is 17.6. The first-order chi connectivity index (χ1) is 13.3. The van der Waals surface area contributed by atoms with Crippen LogP contribution in [-0.2, 0) is 6.54 Å². The number of para-hydroxylation sites is 3. The van der Waals surface area contributed by atoms with Gasteiger partial charge in [0.25, 0.3) is 0 Å². The molecule has 0 spiro atoms. The molecule has 2 aromatic carbocycles. The van der Waals surface area contributed by atoms with Crippen molar-refractivity contribution in [1.29, 1.82) is 0 Å². The monoisotopic (exact) mass is 442 g/mol. The van der Waals surface area contributed by atoms with Crippen LogP contribution in [0.25, 0.3) is 22.0 Å². The van der Waals surface area contributed by atoms with Gasteiger partial charge in [-0.15, -0.1) is 17.0 Å². The lowest BCUT2D eigenvalue weighted by atomic mass is 9.91. The molecule has 146 valence electrons. The van der Waals surface area contributed by atoms with Crippen molar-refractivity contribution in [2.75, 3.05) is 19.6 Å². The summed E-state index contributed by atoms with van der Waals surface area (Å²) in [5, 5.41) is 5.47. The number of fused-ring (bicyclic) bond motifs is 2. The maximum Gasteiger partial charge on any atom is 0.326 e. The summed E-state index contributed by atoms with van der Waals surface area (Å²) in [6, 6.07) is 15.9. The van der Waals surface area contributed by atoms with Gasteiger partial charge in [0.05, 0.1) is 16.7 Å². The van der Waals surface area contributed by atoms with Crippen LogP contribution >= 0.6 is 17.0 Å². The van der Waals surface area contributed by atoms with E-state index in [1.165, 1.54) is 0 Å². The minimum absolute atomic E-state index is 0. The Bertz CT molecular complexity index is 1140. The molecule has 0 aliphatic carbocycles. The third-order valence-corrected chi connectivity index (χ3v) is 5.70. The Balaban J connectivity index is 0.00000192. The molecule has 0 unspecified atom stereocenters. The predicted octanol–water partition coefficient (Wildman–Crippen LogP) is 3.93. The fourth-order valence-corrected chi connectivity index (χ4v) is 4.20. The molecule has 1 aliphatic rings. The minimum atomic E-state index is -0.0276. The Morgan fingerprint density at radius 3 is 2.64 bits per heavy atom. The highest BCUT2D eigenvalue weighted by Gasteiger charge is 2.24. The molecule has 7 heteroatoms. The Hall–Kier alpha value is -2.38. The van der Waals surface area contributed by atoms with Crippen LogP contribution in [0, 0.1) is 0 Å². The fourth-order valence-electron chi connectivity index (χ4n) is 4.20. The molecule has 3 heterocycles. The van der Waals surface area contributed by atoms with Crippen molar-refractivity contribution in [3.05, 3.63) is 64.7 Å². The highest BCUT2D eigenvalue weighted by Crippen LogP contribution is 2.32. The Labute approximate surface area is 172 Å². The number of benzene rings is 2. The number of hydrogen-bond donors (Lipinski definition) is 1. The number of H-pyrrole nitrogens is 1. The molecule has 0 bridgehead atoms. The normalized spacial score (nSPS) is 15.9. The average Bonchev–Trinajstić information content (AvgIpc) is 3.27. The van der Waals surface area contributed by atoms with Crippen molar-refractivity contribution in [1.82, 2.24) is 19.6 Å². The number of halogens is 1. The van der Waals surface area contributed by atoms with Crippen molar-refractivity contribution < 1.29 is 4.52 Å². The van der Waals surface area contributed by atoms with Gasteiger partial charge < -0.3 is 14.4 Å². The van der Waals surface area contributed by atoms with Gasteiger partial charge in [-0.2, -0.15) is 0 Å². The number of nitrogens with zero attached hydrogens (tertiary/aromatic N) is 3. The minimum Gasteiger partial charge on any atom is -0.356 e. The zero-order valence-electron chi connectivity index (χ0n) is 15.5. The van der Waals surface area contributed by atoms with Crippen LogP contribution in [0.2, 0.25) is 0 Å². The standard InChI is InChI=1S/C21H22N4O2.BrH/c26-21-22-17-6-2-3-7-18(17)25(21)14-13-24-11-9-15(10-12-24)20-16-5-1-4-8-19(16)27-23-20;/h1-8,15H,9-14H2,(H,22,26);1H. The molecule has 0 amide bonds. The molecule has 1 N–H and O–H groups in total. The van der Waals surface area contributed by atoms with E-state index in [0.29, 0.717) is 12.5 Å². The first-order valence-corrected chi connectivity index (χ1v) is 9.54. The van der Waals surface area contributed by atoms with Gasteiger partial charge in [-0.1, -0.05) is 29.4 Å². The molecule has 2 aromatic heterocycles. The zero-order chi connectivity index (χ0) is 18.2. The highest BCUT2D eigenvalue weighted by atomic mass is 79.9. The largest absolute Gasteiger partial charge is 0.356 e. The topological polar surface area (TPSA) is 67.1 Å². The van der Waals surface area contributed by atoms with Gasteiger partial charge in [0.1, 0.15) is 0 Å². The molecular formula is C21H23BrN4O2. The number of piperidine rings is 1. The first kappa shape index (κ1) is 19.0. The zero-order valence-corrected chi connectivity index (χ0v) is 17.2. The van der Waals surface area contributed by atoms with Crippen LogP contribution in [-0.4, -0.2) is 39.2 Å². The summed E-state index contributed by atoms with van der Waals surface area (Å²) >= 11 is 0. The van der Waals surface area contributed by atoms with Crippen molar-refractivity contribution in [2.24, 2.45) is 0 Å². The van der Waals surface area contributed by atoms with Crippen molar-refractivity contribution in [3.63, 3.8) is 0 Å². The molecule has 28 heavy (non-hydrogen) atoms. The van der Waals surface area contributed by atoms with Gasteiger partial charge in [-0.3, -0.25) is 4.57 Å². The quantitative estimate of drug-likeness (QED) is 0.519. The number of aromatic amines is 1. The van der Waals surface area contributed by atoms with Gasteiger partial charge in [0.2, 0.25) is 0 Å². The smallest absolute Gasteiger partial charge is 0.326 e. The third kappa shape index (κ3) is 3.40. The van der Waals surface area contributed by atoms with E-state index < -0.39 is 0 Å². The summed E-state index contributed by atoms with van der Waals surface area (Å²) in [5.74, 6) is 0.445. The maximum atomic E-state index is 12.2. The second-order valence-corrected chi connectivity index (χ2v) is 7.28. The molecule has 6 nitrogen and oxygen atoms in total. The van der Waals surface area contributed by atoms with E-state index in [9.17, 15) is 4.79 Å². The lowest BCUT2D eigenvalue weighted by Crippen LogP contribution is -2.36. The number of rotatable bonds is 4. The van der Waals surface area contributed by atoms with E-state index in [0.717, 1.165) is 60.2 Å². The Kier molecular flexibility index (Phi) is 5.37. The van der Waals surface area contributed by atoms with Crippen LogP contribution in [0.3, 0.4) is 0 Å². The van der Waals surface area contributed by atoms with Crippen LogP contribution in [0.15, 0.2) is 57.8 Å². The molecule has 5 rings (SSSR count). The second kappa shape index (κ2) is 7.93. The molecule has 0 saturated carbocycles. The molecule has 0 radical (unpaired) electrons. The fraction of sp³-hybridized carbons (Fsp3) is 0.333. The third-order valence-electron chi connectivity index (χ3n) is 5.70. The van der Waals surface area contributed by atoms with Crippen LogP contribution in [0.5, 0.6) is 0 Å². The summed E-state index contributed by atoms with van der Waals surface area (Å²) in [6.45, 7) is 3.63. The molecule has 1 fully saturated rings.